The number of aromatic nitrogens is 2. The molecule has 0 bridgehead atoms. The van der Waals surface area contributed by atoms with Crippen molar-refractivity contribution >= 4 is 28.8 Å². The minimum atomic E-state index is -1.05. The van der Waals surface area contributed by atoms with Crippen molar-refractivity contribution in [3.63, 3.8) is 0 Å². The third-order valence-corrected chi connectivity index (χ3v) is 3.46. The van der Waals surface area contributed by atoms with Crippen molar-refractivity contribution in [1.82, 2.24) is 9.97 Å². The zero-order valence-electron chi connectivity index (χ0n) is 10.4. The lowest BCUT2D eigenvalue weighted by Gasteiger charge is -2.08. The fraction of sp³-hybridized carbons (Fsp3) is 0.250. The monoisotopic (exact) mass is 278 g/mol. The Morgan fingerprint density at radius 3 is 3.00 bits per heavy atom. The van der Waals surface area contributed by atoms with E-state index in [4.69, 9.17) is 10.8 Å². The maximum atomic E-state index is 11.1. The van der Waals surface area contributed by atoms with E-state index in [1.165, 1.54) is 12.3 Å². The van der Waals surface area contributed by atoms with Gasteiger partial charge in [0.25, 0.3) is 0 Å². The second kappa shape index (κ2) is 5.66. The summed E-state index contributed by atoms with van der Waals surface area (Å²) in [7, 11) is 0. The number of aromatic carboxylic acids is 1. The number of carboxylic acid groups (broad SMARTS) is 1. The van der Waals surface area contributed by atoms with Gasteiger partial charge in [-0.25, -0.2) is 14.8 Å². The van der Waals surface area contributed by atoms with E-state index in [2.05, 4.69) is 15.3 Å². The van der Waals surface area contributed by atoms with Gasteiger partial charge in [-0.15, -0.1) is 11.3 Å². The van der Waals surface area contributed by atoms with Crippen molar-refractivity contribution in [2.45, 2.75) is 13.3 Å². The van der Waals surface area contributed by atoms with Gasteiger partial charge in [-0.2, -0.15) is 0 Å². The number of nitrogens with zero attached hydrogens (tertiary/aromatic N) is 2. The Hall–Kier alpha value is -2.15. The quantitative estimate of drug-likeness (QED) is 0.770. The molecule has 0 amide bonds. The Balaban J connectivity index is 2.01. The summed E-state index contributed by atoms with van der Waals surface area (Å²) in [5.41, 5.74) is 6.93. The van der Waals surface area contributed by atoms with Crippen LogP contribution in [0.25, 0.3) is 0 Å². The molecule has 0 radical (unpaired) electrons. The molecule has 0 spiro atoms. The lowest BCUT2D eigenvalue weighted by atomic mass is 10.2. The van der Waals surface area contributed by atoms with Crippen LogP contribution in [0.1, 0.15) is 21.1 Å². The van der Waals surface area contributed by atoms with E-state index in [1.807, 2.05) is 12.3 Å². The van der Waals surface area contributed by atoms with Crippen LogP contribution in [-0.2, 0) is 6.42 Å². The third kappa shape index (κ3) is 3.41. The van der Waals surface area contributed by atoms with Crippen LogP contribution in [0, 0.1) is 6.92 Å². The molecule has 2 rings (SSSR count). The molecule has 0 aliphatic rings. The standard InChI is InChI=1S/C12H14N4O2S/c1-7-6-19-10(16-7)2-3-14-11-9(12(17)18)4-8(13)5-15-11/h4-6H,2-3,13H2,1H3,(H,14,15)(H,17,18). The topological polar surface area (TPSA) is 101 Å². The molecule has 7 heteroatoms. The molecule has 0 unspecified atom stereocenters. The number of hydrogen-bond donors (Lipinski definition) is 3. The van der Waals surface area contributed by atoms with Crippen molar-refractivity contribution in [3.05, 3.63) is 33.9 Å². The summed E-state index contributed by atoms with van der Waals surface area (Å²) in [5.74, 6) is -0.720. The number of nitrogen functional groups attached to an aromatic ring is 1. The van der Waals surface area contributed by atoms with Gasteiger partial charge in [-0.05, 0) is 13.0 Å². The summed E-state index contributed by atoms with van der Waals surface area (Å²) in [4.78, 5) is 19.4. The van der Waals surface area contributed by atoms with Gasteiger partial charge in [0.1, 0.15) is 11.4 Å². The number of hydrogen-bond acceptors (Lipinski definition) is 6. The second-order valence-corrected chi connectivity index (χ2v) is 4.97. The predicted molar refractivity (Wildman–Crippen MR) is 74.7 cm³/mol. The summed E-state index contributed by atoms with van der Waals surface area (Å²) in [5, 5.41) is 15.1. The van der Waals surface area contributed by atoms with Gasteiger partial charge < -0.3 is 16.2 Å². The van der Waals surface area contributed by atoms with Gasteiger partial charge in [0, 0.05) is 24.0 Å². The average molecular weight is 278 g/mol. The highest BCUT2D eigenvalue weighted by atomic mass is 32.1. The number of pyridine rings is 1. The molecule has 2 aromatic heterocycles. The van der Waals surface area contributed by atoms with Gasteiger partial charge in [-0.3, -0.25) is 0 Å². The Kier molecular flexibility index (Phi) is 3.96. The number of carbonyl (C=O) groups is 1. The van der Waals surface area contributed by atoms with Crippen LogP contribution in [0.15, 0.2) is 17.6 Å². The molecule has 2 heterocycles. The number of rotatable bonds is 5. The molecule has 4 N–H and O–H groups in total. The number of carboxylic acids is 1. The van der Waals surface area contributed by atoms with Crippen LogP contribution in [0.2, 0.25) is 0 Å². The lowest BCUT2D eigenvalue weighted by Crippen LogP contribution is -2.11. The van der Waals surface area contributed by atoms with Crippen molar-refractivity contribution < 1.29 is 9.90 Å². The van der Waals surface area contributed by atoms with Gasteiger partial charge in [0.15, 0.2) is 0 Å². The first kappa shape index (κ1) is 13.3. The van der Waals surface area contributed by atoms with Gasteiger partial charge in [0.2, 0.25) is 0 Å². The molecular weight excluding hydrogens is 264 g/mol. The zero-order valence-corrected chi connectivity index (χ0v) is 11.2. The molecule has 0 fully saturated rings. The van der Waals surface area contributed by atoms with Crippen molar-refractivity contribution in [2.75, 3.05) is 17.6 Å². The highest BCUT2D eigenvalue weighted by molar-refractivity contribution is 7.09. The van der Waals surface area contributed by atoms with E-state index < -0.39 is 5.97 Å². The summed E-state index contributed by atoms with van der Waals surface area (Å²) in [6.07, 6.45) is 2.16. The Morgan fingerprint density at radius 2 is 2.37 bits per heavy atom. The molecular formula is C12H14N4O2S. The Labute approximate surface area is 114 Å². The molecule has 0 saturated heterocycles. The van der Waals surface area contributed by atoms with Crippen molar-refractivity contribution in [2.24, 2.45) is 0 Å². The summed E-state index contributed by atoms with van der Waals surface area (Å²) in [6.45, 7) is 2.52. The number of nitrogens with two attached hydrogens (primary N) is 1. The Morgan fingerprint density at radius 1 is 1.58 bits per heavy atom. The van der Waals surface area contributed by atoms with Crippen LogP contribution >= 0.6 is 11.3 Å². The molecule has 2 aromatic rings. The van der Waals surface area contributed by atoms with E-state index in [0.717, 1.165) is 17.1 Å². The largest absolute Gasteiger partial charge is 0.478 e. The van der Waals surface area contributed by atoms with Crippen LogP contribution in [0.4, 0.5) is 11.5 Å². The summed E-state index contributed by atoms with van der Waals surface area (Å²) < 4.78 is 0. The SMILES string of the molecule is Cc1csc(CCNc2ncc(N)cc2C(=O)O)n1. The van der Waals surface area contributed by atoms with Crippen molar-refractivity contribution in [3.8, 4) is 0 Å². The van der Waals surface area contributed by atoms with Crippen LogP contribution in [0.5, 0.6) is 0 Å². The molecule has 0 saturated carbocycles. The van der Waals surface area contributed by atoms with Crippen LogP contribution in [-0.4, -0.2) is 27.6 Å². The van der Waals surface area contributed by atoms with E-state index >= 15 is 0 Å². The maximum absolute atomic E-state index is 11.1. The predicted octanol–water partition coefficient (Wildman–Crippen LogP) is 1.78. The third-order valence-electron chi connectivity index (χ3n) is 2.44. The molecule has 0 aromatic carbocycles. The Bertz CT molecular complexity index is 597. The first-order valence-corrected chi connectivity index (χ1v) is 6.58. The van der Waals surface area contributed by atoms with Gasteiger partial charge >= 0.3 is 5.97 Å². The number of anilines is 2. The van der Waals surface area contributed by atoms with E-state index in [-0.39, 0.29) is 5.56 Å². The van der Waals surface area contributed by atoms with Gasteiger partial charge in [0.05, 0.1) is 16.9 Å². The molecule has 6 nitrogen and oxygen atoms in total. The molecule has 100 valence electrons. The molecule has 0 atom stereocenters. The summed E-state index contributed by atoms with van der Waals surface area (Å²) >= 11 is 1.59. The second-order valence-electron chi connectivity index (χ2n) is 4.03. The fourth-order valence-corrected chi connectivity index (χ4v) is 2.37. The van der Waals surface area contributed by atoms with E-state index in [0.29, 0.717) is 18.1 Å². The van der Waals surface area contributed by atoms with E-state index in [9.17, 15) is 4.79 Å². The fourth-order valence-electron chi connectivity index (χ4n) is 1.59. The normalized spacial score (nSPS) is 10.4. The molecule has 19 heavy (non-hydrogen) atoms. The smallest absolute Gasteiger partial charge is 0.339 e. The van der Waals surface area contributed by atoms with E-state index in [1.54, 1.807) is 11.3 Å². The number of nitrogens with one attached hydrogen (secondary N) is 1. The minimum absolute atomic E-state index is 0.0790. The summed E-state index contributed by atoms with van der Waals surface area (Å²) in [6, 6.07) is 1.39. The first-order chi connectivity index (χ1) is 9.06. The minimum Gasteiger partial charge on any atom is -0.478 e. The van der Waals surface area contributed by atoms with Crippen molar-refractivity contribution in [1.29, 1.82) is 0 Å². The highest BCUT2D eigenvalue weighted by Crippen LogP contribution is 2.16. The number of thiazole rings is 1. The maximum Gasteiger partial charge on any atom is 0.339 e. The van der Waals surface area contributed by atoms with Gasteiger partial charge in [-0.1, -0.05) is 0 Å². The molecule has 0 aliphatic carbocycles. The number of aryl methyl sites for hydroxylation is 1. The van der Waals surface area contributed by atoms with Crippen LogP contribution < -0.4 is 11.1 Å². The first-order valence-electron chi connectivity index (χ1n) is 5.70. The lowest BCUT2D eigenvalue weighted by molar-refractivity contribution is 0.0697. The zero-order chi connectivity index (χ0) is 13.8. The average Bonchev–Trinajstić information content (AvgIpc) is 2.77. The molecule has 0 aliphatic heterocycles. The van der Waals surface area contributed by atoms with Crippen LogP contribution in [0.3, 0.4) is 0 Å². The highest BCUT2D eigenvalue weighted by Gasteiger charge is 2.11.